The van der Waals surface area contributed by atoms with E-state index in [2.05, 4.69) is 41.8 Å². The highest BCUT2D eigenvalue weighted by Crippen LogP contribution is 2.08. The average molecular weight is 285 g/mol. The molecule has 0 aromatic carbocycles. The van der Waals surface area contributed by atoms with E-state index in [-0.39, 0.29) is 5.84 Å². The summed E-state index contributed by atoms with van der Waals surface area (Å²) in [6, 6.07) is 0. The number of likely N-dealkylation sites (N-methyl/N-ethyl adjacent to an activating group) is 1. The summed E-state index contributed by atoms with van der Waals surface area (Å²) < 4.78 is 0.806. The summed E-state index contributed by atoms with van der Waals surface area (Å²) in [5, 5.41) is 16.1. The van der Waals surface area contributed by atoms with Crippen LogP contribution >= 0.6 is 15.9 Å². The molecule has 6 nitrogen and oxygen atoms in total. The van der Waals surface area contributed by atoms with E-state index in [4.69, 9.17) is 5.41 Å². The molecule has 86 valence electrons. The minimum atomic E-state index is 0.251. The smallest absolute Gasteiger partial charge is 0.227 e. The lowest BCUT2D eigenvalue weighted by Crippen LogP contribution is -2.25. The summed E-state index contributed by atoms with van der Waals surface area (Å²) in [5.74, 6) is 0.686. The zero-order chi connectivity index (χ0) is 12.0. The van der Waals surface area contributed by atoms with Gasteiger partial charge in [-0.1, -0.05) is 0 Å². The molecule has 0 unspecified atom stereocenters. The van der Waals surface area contributed by atoms with Gasteiger partial charge in [0.15, 0.2) is 0 Å². The first-order valence-corrected chi connectivity index (χ1v) is 5.35. The fraction of sp³-hybridized carbons (Fsp3) is 0.222. The Morgan fingerprint density at radius 1 is 1.38 bits per heavy atom. The average Bonchev–Trinajstić information content (AvgIpc) is 2.30. The van der Waals surface area contributed by atoms with Crippen LogP contribution in [-0.4, -0.2) is 29.9 Å². The molecule has 0 bridgehead atoms. The topological polar surface area (TPSA) is 85.7 Å². The number of nitrogens with zero attached hydrogens (tertiary/aromatic N) is 2. The van der Waals surface area contributed by atoms with Crippen LogP contribution in [0.1, 0.15) is 0 Å². The van der Waals surface area contributed by atoms with Gasteiger partial charge in [-0.2, -0.15) is 0 Å². The first kappa shape index (κ1) is 12.4. The quantitative estimate of drug-likeness (QED) is 0.488. The number of aromatic nitrogens is 2. The molecule has 0 atom stereocenters. The second kappa shape index (κ2) is 6.06. The van der Waals surface area contributed by atoms with Crippen molar-refractivity contribution in [3.05, 3.63) is 28.8 Å². The summed E-state index contributed by atoms with van der Waals surface area (Å²) in [6.45, 7) is 0. The Morgan fingerprint density at radius 3 is 2.50 bits per heavy atom. The molecule has 16 heavy (non-hydrogen) atoms. The minimum absolute atomic E-state index is 0.251. The standard InChI is InChI=1S/C9H13BrN6/c1-12-5-7(8(11)13-2)16-9-14-3-6(10)4-15-9/h3-5,12H,1-2H3,(H2,11,13)(H,14,15,16)/b7-5+. The second-order valence-corrected chi connectivity index (χ2v) is 3.74. The van der Waals surface area contributed by atoms with Gasteiger partial charge in [0.05, 0.1) is 10.2 Å². The van der Waals surface area contributed by atoms with Crippen LogP contribution in [0.2, 0.25) is 0 Å². The second-order valence-electron chi connectivity index (χ2n) is 2.82. The van der Waals surface area contributed by atoms with E-state index in [9.17, 15) is 0 Å². The zero-order valence-electron chi connectivity index (χ0n) is 9.00. The molecule has 1 aromatic rings. The molecule has 0 amide bonds. The van der Waals surface area contributed by atoms with Crippen molar-refractivity contribution in [3.8, 4) is 0 Å². The van der Waals surface area contributed by atoms with Crippen LogP contribution in [0.25, 0.3) is 0 Å². The number of hydrogen-bond donors (Lipinski definition) is 4. The summed E-state index contributed by atoms with van der Waals surface area (Å²) in [6.07, 6.45) is 4.93. The number of halogens is 1. The maximum atomic E-state index is 7.64. The highest BCUT2D eigenvalue weighted by Gasteiger charge is 2.04. The first-order valence-electron chi connectivity index (χ1n) is 4.56. The van der Waals surface area contributed by atoms with Crippen LogP contribution in [0.15, 0.2) is 28.8 Å². The van der Waals surface area contributed by atoms with E-state index in [0.29, 0.717) is 11.6 Å². The maximum Gasteiger partial charge on any atom is 0.227 e. The Hall–Kier alpha value is -1.63. The number of amidine groups is 1. The van der Waals surface area contributed by atoms with Crippen LogP contribution in [-0.2, 0) is 0 Å². The molecular weight excluding hydrogens is 272 g/mol. The normalized spacial score (nSPS) is 10.8. The van der Waals surface area contributed by atoms with Crippen molar-refractivity contribution in [1.82, 2.24) is 20.6 Å². The first-order chi connectivity index (χ1) is 7.67. The molecule has 1 rings (SSSR count). The fourth-order valence-electron chi connectivity index (χ4n) is 0.947. The van der Waals surface area contributed by atoms with Gasteiger partial charge in [-0.25, -0.2) is 9.97 Å². The van der Waals surface area contributed by atoms with Crippen LogP contribution in [0, 0.1) is 5.41 Å². The molecule has 0 fully saturated rings. The van der Waals surface area contributed by atoms with Gasteiger partial charge in [-0.3, -0.25) is 5.41 Å². The predicted octanol–water partition coefficient (Wildman–Crippen LogP) is 0.908. The van der Waals surface area contributed by atoms with Crippen molar-refractivity contribution >= 4 is 27.7 Å². The number of rotatable bonds is 4. The van der Waals surface area contributed by atoms with Crippen molar-refractivity contribution in [1.29, 1.82) is 5.41 Å². The summed E-state index contributed by atoms with van der Waals surface area (Å²) in [4.78, 5) is 8.11. The van der Waals surface area contributed by atoms with Crippen molar-refractivity contribution in [2.24, 2.45) is 0 Å². The van der Waals surface area contributed by atoms with E-state index < -0.39 is 0 Å². The monoisotopic (exact) mass is 284 g/mol. The van der Waals surface area contributed by atoms with Gasteiger partial charge in [0, 0.05) is 32.7 Å². The predicted molar refractivity (Wildman–Crippen MR) is 67.3 cm³/mol. The molecule has 0 aliphatic carbocycles. The van der Waals surface area contributed by atoms with Gasteiger partial charge in [-0.15, -0.1) is 0 Å². The maximum absolute atomic E-state index is 7.64. The third-order valence-electron chi connectivity index (χ3n) is 1.67. The zero-order valence-corrected chi connectivity index (χ0v) is 10.6. The van der Waals surface area contributed by atoms with Crippen molar-refractivity contribution < 1.29 is 0 Å². The van der Waals surface area contributed by atoms with Gasteiger partial charge in [0.2, 0.25) is 5.95 Å². The third kappa shape index (κ3) is 3.50. The highest BCUT2D eigenvalue weighted by molar-refractivity contribution is 9.10. The number of nitrogens with one attached hydrogen (secondary N) is 4. The SMILES string of the molecule is CN/C=C(/Nc1ncc(Br)cn1)C(=N)NC. The number of anilines is 1. The van der Waals surface area contributed by atoms with Gasteiger partial charge in [0.25, 0.3) is 0 Å². The molecule has 1 aromatic heterocycles. The van der Waals surface area contributed by atoms with Crippen LogP contribution in [0.5, 0.6) is 0 Å². The summed E-state index contributed by atoms with van der Waals surface area (Å²) in [5.41, 5.74) is 0.562. The van der Waals surface area contributed by atoms with E-state index in [1.165, 1.54) is 0 Å². The van der Waals surface area contributed by atoms with Crippen molar-refractivity contribution in [3.63, 3.8) is 0 Å². The largest absolute Gasteiger partial charge is 0.392 e. The van der Waals surface area contributed by atoms with Gasteiger partial charge >= 0.3 is 0 Å². The third-order valence-corrected chi connectivity index (χ3v) is 2.08. The van der Waals surface area contributed by atoms with E-state index in [1.54, 1.807) is 32.7 Å². The van der Waals surface area contributed by atoms with Crippen molar-refractivity contribution in [2.75, 3.05) is 19.4 Å². The molecule has 1 heterocycles. The van der Waals surface area contributed by atoms with Gasteiger partial charge < -0.3 is 16.0 Å². The van der Waals surface area contributed by atoms with Crippen LogP contribution in [0.4, 0.5) is 5.95 Å². The van der Waals surface area contributed by atoms with Gasteiger partial charge in [0.1, 0.15) is 5.84 Å². The van der Waals surface area contributed by atoms with E-state index in [0.717, 1.165) is 4.47 Å². The molecule has 7 heteroatoms. The number of hydrogen-bond acceptors (Lipinski definition) is 5. The van der Waals surface area contributed by atoms with Crippen LogP contribution < -0.4 is 16.0 Å². The fourth-order valence-corrected chi connectivity index (χ4v) is 1.15. The molecule has 4 N–H and O–H groups in total. The molecule has 0 aliphatic heterocycles. The van der Waals surface area contributed by atoms with E-state index in [1.807, 2.05) is 0 Å². The summed E-state index contributed by atoms with van der Waals surface area (Å²) in [7, 11) is 3.43. The molecule has 0 radical (unpaired) electrons. The molecule has 0 saturated heterocycles. The lowest BCUT2D eigenvalue weighted by Gasteiger charge is -2.10. The molecule has 0 aliphatic rings. The Balaban J connectivity index is 2.80. The Labute approximate surface area is 102 Å². The Morgan fingerprint density at radius 2 is 2.00 bits per heavy atom. The lowest BCUT2D eigenvalue weighted by molar-refractivity contribution is 1.05. The lowest BCUT2D eigenvalue weighted by atomic mass is 10.4. The molecule has 0 saturated carbocycles. The van der Waals surface area contributed by atoms with Crippen molar-refractivity contribution in [2.45, 2.75) is 0 Å². The minimum Gasteiger partial charge on any atom is -0.392 e. The molecule has 0 spiro atoms. The Kier molecular flexibility index (Phi) is 4.71. The Bertz CT molecular complexity index is 385. The highest BCUT2D eigenvalue weighted by atomic mass is 79.9. The van der Waals surface area contributed by atoms with E-state index >= 15 is 0 Å². The van der Waals surface area contributed by atoms with Gasteiger partial charge in [-0.05, 0) is 15.9 Å². The molecular formula is C9H13BrN6. The summed E-state index contributed by atoms with van der Waals surface area (Å²) >= 11 is 3.25. The van der Waals surface area contributed by atoms with Crippen LogP contribution in [0.3, 0.4) is 0 Å².